The molecule has 0 aromatic heterocycles. The normalized spacial score (nSPS) is 16.4. The van der Waals surface area contributed by atoms with E-state index in [9.17, 15) is 14.4 Å². The first-order valence-corrected chi connectivity index (χ1v) is 9.56. The molecule has 1 aliphatic heterocycles. The minimum absolute atomic E-state index is 0.00353. The second kappa shape index (κ2) is 8.46. The Labute approximate surface area is 179 Å². The van der Waals surface area contributed by atoms with Gasteiger partial charge in [0.2, 0.25) is 0 Å². The molecule has 2 N–H and O–H groups in total. The van der Waals surface area contributed by atoms with Gasteiger partial charge >= 0.3 is 5.97 Å². The Morgan fingerprint density at radius 3 is 2.43 bits per heavy atom. The van der Waals surface area contributed by atoms with Crippen LogP contribution in [-0.4, -0.2) is 34.1 Å². The van der Waals surface area contributed by atoms with E-state index < -0.39 is 23.9 Å². The van der Waals surface area contributed by atoms with Gasteiger partial charge in [0.15, 0.2) is 11.2 Å². The summed E-state index contributed by atoms with van der Waals surface area (Å²) < 4.78 is 5.46. The molecule has 0 radical (unpaired) electrons. The fraction of sp³-hybridized carbons (Fsp3) is 0.182. The highest BCUT2D eigenvalue weighted by molar-refractivity contribution is 7.80. The Morgan fingerprint density at radius 2 is 1.80 bits per heavy atom. The monoisotopic (exact) mass is 424 g/mol. The van der Waals surface area contributed by atoms with Gasteiger partial charge in [-0.1, -0.05) is 24.3 Å². The molecule has 7 nitrogen and oxygen atoms in total. The number of ether oxygens (including phenoxy) is 1. The smallest absolute Gasteiger partial charge is 0.344 e. The second-order valence-corrected chi connectivity index (χ2v) is 7.33. The molecular formula is C22H20N2O5S. The summed E-state index contributed by atoms with van der Waals surface area (Å²) in [4.78, 5) is 38.1. The SMILES string of the molecule is Cc1cc(C)cc(N2C(=O)/C(=C/c3ccccc3O[C@H](C)C(=O)O)C(=O)NC2=S)c1. The maximum atomic E-state index is 13.2. The molecule has 0 aliphatic carbocycles. The van der Waals surface area contributed by atoms with Gasteiger partial charge in [-0.05, 0) is 68.4 Å². The van der Waals surface area contributed by atoms with Gasteiger partial charge in [0.25, 0.3) is 11.8 Å². The quantitative estimate of drug-likeness (QED) is 0.435. The fourth-order valence-electron chi connectivity index (χ4n) is 3.08. The Hall–Kier alpha value is -3.52. The minimum atomic E-state index is -1.13. The molecule has 0 unspecified atom stereocenters. The number of para-hydroxylation sites is 1. The lowest BCUT2D eigenvalue weighted by molar-refractivity contribution is -0.144. The first kappa shape index (κ1) is 21.2. The average Bonchev–Trinajstić information content (AvgIpc) is 2.65. The van der Waals surface area contributed by atoms with E-state index >= 15 is 0 Å². The number of carboxylic acid groups (broad SMARTS) is 1. The molecule has 2 amide bonds. The third-order valence-electron chi connectivity index (χ3n) is 4.44. The highest BCUT2D eigenvalue weighted by Gasteiger charge is 2.34. The summed E-state index contributed by atoms with van der Waals surface area (Å²) in [6.07, 6.45) is 0.277. The van der Waals surface area contributed by atoms with Crippen molar-refractivity contribution in [2.24, 2.45) is 0 Å². The molecule has 1 saturated heterocycles. The maximum absolute atomic E-state index is 13.2. The van der Waals surface area contributed by atoms with E-state index in [1.807, 2.05) is 19.9 Å². The number of benzene rings is 2. The van der Waals surface area contributed by atoms with Crippen LogP contribution in [0.1, 0.15) is 23.6 Å². The number of amides is 2. The van der Waals surface area contributed by atoms with Gasteiger partial charge in [0, 0.05) is 5.56 Å². The predicted molar refractivity (Wildman–Crippen MR) is 116 cm³/mol. The molecule has 3 rings (SSSR count). The first-order valence-electron chi connectivity index (χ1n) is 9.15. The molecule has 2 aromatic rings. The molecule has 30 heavy (non-hydrogen) atoms. The number of carbonyl (C=O) groups excluding carboxylic acids is 2. The highest BCUT2D eigenvalue weighted by atomic mass is 32.1. The lowest BCUT2D eigenvalue weighted by Crippen LogP contribution is -2.54. The van der Waals surface area contributed by atoms with E-state index in [-0.39, 0.29) is 16.4 Å². The molecule has 8 heteroatoms. The maximum Gasteiger partial charge on any atom is 0.344 e. The molecule has 154 valence electrons. The van der Waals surface area contributed by atoms with Gasteiger partial charge in [-0.15, -0.1) is 0 Å². The molecule has 2 aromatic carbocycles. The van der Waals surface area contributed by atoms with Crippen LogP contribution in [0.25, 0.3) is 6.08 Å². The lowest BCUT2D eigenvalue weighted by atomic mass is 10.0. The average molecular weight is 424 g/mol. The van der Waals surface area contributed by atoms with Crippen LogP contribution in [-0.2, 0) is 14.4 Å². The summed E-state index contributed by atoms with van der Waals surface area (Å²) in [5.74, 6) is -2.09. The molecule has 0 spiro atoms. The van der Waals surface area contributed by atoms with Gasteiger partial charge in [0.05, 0.1) is 5.69 Å². The Bertz CT molecular complexity index is 1070. The minimum Gasteiger partial charge on any atom is -0.479 e. The van der Waals surface area contributed by atoms with Crippen molar-refractivity contribution in [3.63, 3.8) is 0 Å². The van der Waals surface area contributed by atoms with E-state index in [0.29, 0.717) is 11.3 Å². The Morgan fingerprint density at radius 1 is 1.17 bits per heavy atom. The molecular weight excluding hydrogens is 404 g/mol. The first-order chi connectivity index (χ1) is 14.2. The lowest BCUT2D eigenvalue weighted by Gasteiger charge is -2.29. The number of thiocarbonyl (C=S) groups is 1. The summed E-state index contributed by atoms with van der Waals surface area (Å²) in [7, 11) is 0. The summed E-state index contributed by atoms with van der Waals surface area (Å²) in [5.41, 5.74) is 2.71. The third kappa shape index (κ3) is 4.38. The highest BCUT2D eigenvalue weighted by Crippen LogP contribution is 2.27. The summed E-state index contributed by atoms with van der Waals surface area (Å²) in [6, 6.07) is 12.1. The van der Waals surface area contributed by atoms with Gasteiger partial charge in [-0.2, -0.15) is 0 Å². The number of aliphatic carboxylic acids is 1. The van der Waals surface area contributed by atoms with E-state index in [2.05, 4.69) is 5.32 Å². The standard InChI is InChI=1S/C22H20N2O5S/c1-12-8-13(2)10-16(9-12)24-20(26)17(19(25)23-22(24)30)11-15-6-4-5-7-18(15)29-14(3)21(27)28/h4-11,14H,1-3H3,(H,27,28)(H,23,25,30)/b17-11+/t14-/m1/s1. The molecule has 0 bridgehead atoms. The summed E-state index contributed by atoms with van der Waals surface area (Å²) in [5, 5.41) is 11.6. The predicted octanol–water partition coefficient (Wildman–Crippen LogP) is 2.99. The van der Waals surface area contributed by atoms with Crippen LogP contribution in [0.3, 0.4) is 0 Å². The molecule has 1 heterocycles. The molecule has 1 aliphatic rings. The summed E-state index contributed by atoms with van der Waals surface area (Å²) >= 11 is 5.23. The van der Waals surface area contributed by atoms with Crippen molar-refractivity contribution in [2.45, 2.75) is 26.9 Å². The largest absolute Gasteiger partial charge is 0.479 e. The van der Waals surface area contributed by atoms with Crippen LogP contribution in [0.2, 0.25) is 0 Å². The number of nitrogens with one attached hydrogen (secondary N) is 1. The number of anilines is 1. The van der Waals surface area contributed by atoms with Crippen LogP contribution in [0.4, 0.5) is 5.69 Å². The Kier molecular flexibility index (Phi) is 5.98. The van der Waals surface area contributed by atoms with Gasteiger partial charge in [-0.3, -0.25) is 19.8 Å². The number of hydrogen-bond acceptors (Lipinski definition) is 5. The number of rotatable bonds is 5. The van der Waals surface area contributed by atoms with Crippen LogP contribution < -0.4 is 15.0 Å². The molecule has 1 atom stereocenters. The van der Waals surface area contributed by atoms with Crippen molar-refractivity contribution in [2.75, 3.05) is 4.90 Å². The van der Waals surface area contributed by atoms with Crippen molar-refractivity contribution in [1.82, 2.24) is 5.32 Å². The number of hydrogen-bond donors (Lipinski definition) is 2. The van der Waals surface area contributed by atoms with E-state index in [0.717, 1.165) is 11.1 Å². The Balaban J connectivity index is 2.02. The van der Waals surface area contributed by atoms with E-state index in [4.69, 9.17) is 22.1 Å². The van der Waals surface area contributed by atoms with E-state index in [1.165, 1.54) is 17.9 Å². The van der Waals surface area contributed by atoms with Crippen molar-refractivity contribution in [1.29, 1.82) is 0 Å². The number of aryl methyl sites for hydroxylation is 2. The van der Waals surface area contributed by atoms with E-state index in [1.54, 1.807) is 36.4 Å². The number of nitrogens with zero attached hydrogens (tertiary/aromatic N) is 1. The zero-order chi connectivity index (χ0) is 22.0. The van der Waals surface area contributed by atoms with Gasteiger partial charge in [-0.25, -0.2) is 4.79 Å². The fourth-order valence-corrected chi connectivity index (χ4v) is 3.36. The zero-order valence-corrected chi connectivity index (χ0v) is 17.4. The third-order valence-corrected chi connectivity index (χ3v) is 4.72. The van der Waals surface area contributed by atoms with Crippen molar-refractivity contribution in [3.05, 3.63) is 64.7 Å². The topological polar surface area (TPSA) is 95.9 Å². The van der Waals surface area contributed by atoms with Crippen LogP contribution in [0.15, 0.2) is 48.0 Å². The van der Waals surface area contributed by atoms with Crippen molar-refractivity contribution in [3.8, 4) is 5.75 Å². The zero-order valence-electron chi connectivity index (χ0n) is 16.6. The molecule has 0 saturated carbocycles. The van der Waals surface area contributed by atoms with Crippen molar-refractivity contribution < 1.29 is 24.2 Å². The van der Waals surface area contributed by atoms with Crippen LogP contribution in [0.5, 0.6) is 5.75 Å². The van der Waals surface area contributed by atoms with Crippen LogP contribution in [0, 0.1) is 13.8 Å². The van der Waals surface area contributed by atoms with Crippen molar-refractivity contribution >= 4 is 46.9 Å². The van der Waals surface area contributed by atoms with Crippen LogP contribution >= 0.6 is 12.2 Å². The van der Waals surface area contributed by atoms with Gasteiger partial charge < -0.3 is 9.84 Å². The number of carbonyl (C=O) groups is 3. The summed E-state index contributed by atoms with van der Waals surface area (Å²) in [6.45, 7) is 5.20. The van der Waals surface area contributed by atoms with Gasteiger partial charge in [0.1, 0.15) is 11.3 Å². The number of carboxylic acids is 1. The second-order valence-electron chi connectivity index (χ2n) is 6.94. The molecule has 1 fully saturated rings.